The predicted molar refractivity (Wildman–Crippen MR) is 222 cm³/mol. The lowest BCUT2D eigenvalue weighted by Gasteiger charge is -2.34. The van der Waals surface area contributed by atoms with E-state index in [1.165, 1.54) is 38.9 Å². The van der Waals surface area contributed by atoms with E-state index >= 15 is 0 Å². The van der Waals surface area contributed by atoms with Gasteiger partial charge in [-0.3, -0.25) is 4.98 Å². The Bertz CT molecular complexity index is 2670. The maximum absolute atomic E-state index is 5.12. The quantitative estimate of drug-likeness (QED) is 0.166. The molecule has 7 aromatic carbocycles. The van der Waals surface area contributed by atoms with Gasteiger partial charge >= 0.3 is 0 Å². The lowest BCUT2D eigenvalue weighted by molar-refractivity contribution is 0.769. The first-order chi connectivity index (χ1) is 27.3. The van der Waals surface area contributed by atoms with E-state index in [1.54, 1.807) is 0 Å². The number of aromatic nitrogens is 4. The highest BCUT2D eigenvalue weighted by atomic mass is 15.0. The number of pyridine rings is 1. The zero-order chi connectivity index (χ0) is 36.6. The Morgan fingerprint density at radius 3 is 1.20 bits per heavy atom. The molecule has 0 atom stereocenters. The molecule has 4 nitrogen and oxygen atoms in total. The number of benzene rings is 7. The molecule has 0 aliphatic heterocycles. The molecule has 0 fully saturated rings. The Balaban J connectivity index is 1.19. The normalized spacial score (nSPS) is 12.5. The van der Waals surface area contributed by atoms with E-state index in [0.717, 1.165) is 33.4 Å². The van der Waals surface area contributed by atoms with Gasteiger partial charge in [-0.2, -0.15) is 0 Å². The van der Waals surface area contributed by atoms with Crippen LogP contribution in [0.25, 0.3) is 67.5 Å². The lowest BCUT2D eigenvalue weighted by atomic mass is 9.67. The summed E-state index contributed by atoms with van der Waals surface area (Å²) in [5.74, 6) is 1.92. The Morgan fingerprint density at radius 2 is 0.709 bits per heavy atom. The van der Waals surface area contributed by atoms with Crippen molar-refractivity contribution in [3.05, 3.63) is 229 Å². The Kier molecular flexibility index (Phi) is 8.00. The average Bonchev–Trinajstić information content (AvgIpc) is 3.57. The zero-order valence-corrected chi connectivity index (χ0v) is 29.9. The van der Waals surface area contributed by atoms with Crippen LogP contribution in [0.2, 0.25) is 0 Å². The number of fused-ring (bicyclic) bond motifs is 3. The van der Waals surface area contributed by atoms with Crippen molar-refractivity contribution in [2.24, 2.45) is 0 Å². The molecule has 0 spiro atoms. The maximum atomic E-state index is 5.12. The highest BCUT2D eigenvalue weighted by Crippen LogP contribution is 2.57. The predicted octanol–water partition coefficient (Wildman–Crippen LogP) is 12.0. The van der Waals surface area contributed by atoms with Crippen molar-refractivity contribution < 1.29 is 0 Å². The van der Waals surface area contributed by atoms with Gasteiger partial charge < -0.3 is 0 Å². The summed E-state index contributed by atoms with van der Waals surface area (Å²) >= 11 is 0. The van der Waals surface area contributed by atoms with Crippen LogP contribution in [0.5, 0.6) is 0 Å². The molecule has 4 heteroatoms. The van der Waals surface area contributed by atoms with Crippen LogP contribution >= 0.6 is 0 Å². The molecule has 55 heavy (non-hydrogen) atoms. The summed E-state index contributed by atoms with van der Waals surface area (Å²) in [5.41, 5.74) is 14.1. The molecule has 258 valence electrons. The zero-order valence-electron chi connectivity index (χ0n) is 29.9. The first-order valence-electron chi connectivity index (χ1n) is 18.5. The van der Waals surface area contributed by atoms with Gasteiger partial charge in [-0.25, -0.2) is 15.0 Å². The molecule has 0 saturated carbocycles. The van der Waals surface area contributed by atoms with E-state index in [2.05, 4.69) is 132 Å². The largest absolute Gasteiger partial charge is 0.264 e. The lowest BCUT2D eigenvalue weighted by Crippen LogP contribution is -2.28. The second kappa shape index (κ2) is 13.6. The van der Waals surface area contributed by atoms with Gasteiger partial charge in [-0.1, -0.05) is 176 Å². The van der Waals surface area contributed by atoms with Crippen LogP contribution in [0.1, 0.15) is 22.3 Å². The topological polar surface area (TPSA) is 51.6 Å². The number of hydrogen-bond donors (Lipinski definition) is 0. The number of rotatable bonds is 7. The van der Waals surface area contributed by atoms with Crippen molar-refractivity contribution in [1.29, 1.82) is 0 Å². The molecule has 0 bridgehead atoms. The summed E-state index contributed by atoms with van der Waals surface area (Å²) in [6.07, 6.45) is 3.72. The van der Waals surface area contributed by atoms with Gasteiger partial charge in [-0.05, 0) is 73.8 Å². The molecule has 10 rings (SSSR count). The Labute approximate surface area is 320 Å². The fourth-order valence-electron chi connectivity index (χ4n) is 8.13. The first-order valence-corrected chi connectivity index (χ1v) is 18.5. The van der Waals surface area contributed by atoms with E-state index in [4.69, 9.17) is 15.0 Å². The van der Waals surface area contributed by atoms with E-state index in [-0.39, 0.29) is 0 Å². The maximum Gasteiger partial charge on any atom is 0.164 e. The highest BCUT2D eigenvalue weighted by Gasteiger charge is 2.46. The van der Waals surface area contributed by atoms with Crippen molar-refractivity contribution in [3.8, 4) is 67.5 Å². The van der Waals surface area contributed by atoms with E-state index < -0.39 is 5.41 Å². The molecule has 0 unspecified atom stereocenters. The number of hydrogen-bond acceptors (Lipinski definition) is 4. The molecular weight excluding hydrogens is 669 g/mol. The van der Waals surface area contributed by atoms with Gasteiger partial charge in [-0.15, -0.1) is 0 Å². The van der Waals surface area contributed by atoms with Crippen molar-refractivity contribution in [2.75, 3.05) is 0 Å². The van der Waals surface area contributed by atoms with Crippen molar-refractivity contribution in [2.45, 2.75) is 5.41 Å². The van der Waals surface area contributed by atoms with Crippen LogP contribution in [-0.2, 0) is 5.41 Å². The van der Waals surface area contributed by atoms with E-state index in [9.17, 15) is 0 Å². The van der Waals surface area contributed by atoms with Crippen LogP contribution in [0.3, 0.4) is 0 Å². The molecule has 9 aromatic rings. The minimum absolute atomic E-state index is 0.605. The van der Waals surface area contributed by atoms with Gasteiger partial charge in [0.15, 0.2) is 17.5 Å². The minimum Gasteiger partial charge on any atom is -0.264 e. The fraction of sp³-hybridized carbons (Fsp3) is 0.0196. The highest BCUT2D eigenvalue weighted by molar-refractivity contribution is 5.90. The molecule has 0 amide bonds. The van der Waals surface area contributed by atoms with Crippen LogP contribution in [0, 0.1) is 0 Å². The van der Waals surface area contributed by atoms with Crippen LogP contribution in [0.15, 0.2) is 207 Å². The summed E-state index contributed by atoms with van der Waals surface area (Å²) in [4.78, 5) is 19.5. The monoisotopic (exact) mass is 702 g/mol. The third-order valence-electron chi connectivity index (χ3n) is 10.7. The van der Waals surface area contributed by atoms with Crippen LogP contribution in [-0.4, -0.2) is 19.9 Å². The minimum atomic E-state index is -0.605. The summed E-state index contributed by atoms with van der Waals surface area (Å²) in [6, 6.07) is 68.7. The average molecular weight is 703 g/mol. The fourth-order valence-corrected chi connectivity index (χ4v) is 8.13. The summed E-state index contributed by atoms with van der Waals surface area (Å²) in [5, 5.41) is 0. The summed E-state index contributed by atoms with van der Waals surface area (Å²) < 4.78 is 0. The Morgan fingerprint density at radius 1 is 0.309 bits per heavy atom. The molecule has 1 aliphatic rings. The second-order valence-electron chi connectivity index (χ2n) is 13.9. The van der Waals surface area contributed by atoms with Gasteiger partial charge in [0.1, 0.15) is 0 Å². The molecule has 0 saturated heterocycles. The molecular formula is C51H34N4. The third-order valence-corrected chi connectivity index (χ3v) is 10.7. The van der Waals surface area contributed by atoms with Crippen molar-refractivity contribution in [1.82, 2.24) is 19.9 Å². The third kappa shape index (κ3) is 5.63. The van der Waals surface area contributed by atoms with Gasteiger partial charge in [0.2, 0.25) is 0 Å². The summed E-state index contributed by atoms with van der Waals surface area (Å²) in [7, 11) is 0. The first kappa shape index (κ1) is 32.4. The van der Waals surface area contributed by atoms with E-state index in [1.807, 2.05) is 79.1 Å². The smallest absolute Gasteiger partial charge is 0.164 e. The molecule has 2 heterocycles. The van der Waals surface area contributed by atoms with Gasteiger partial charge in [0, 0.05) is 29.1 Å². The van der Waals surface area contributed by atoms with Crippen LogP contribution < -0.4 is 0 Å². The molecule has 0 radical (unpaired) electrons. The Hall–Kier alpha value is -7.30. The summed E-state index contributed by atoms with van der Waals surface area (Å²) in [6.45, 7) is 0. The molecule has 1 aliphatic carbocycles. The SMILES string of the molecule is c1ccc(-c2nc(-c3ccccc3)nc(-c3ccc4c(c3)C(c3ccccc3)(c3ccccc3)c3cc(-c5ccc(-c6cccnc6)cc5)ccc3-4)n2)cc1. The van der Waals surface area contributed by atoms with Gasteiger partial charge in [0.25, 0.3) is 0 Å². The second-order valence-corrected chi connectivity index (χ2v) is 13.9. The standard InChI is InChI=1S/C51H34N4/c1-5-14-37(15-6-1)48-53-49(38-16-7-2-8-17-38)55-50(54-48)40-28-30-45-44-29-27-39(35-23-25-36(26-24-35)41-18-13-31-52-34-41)32-46(44)51(47(45)33-40,42-19-9-3-10-20-42)43-21-11-4-12-22-43/h1-34H. The van der Waals surface area contributed by atoms with E-state index in [0.29, 0.717) is 17.5 Å². The number of nitrogens with zero attached hydrogens (tertiary/aromatic N) is 4. The molecule has 0 N–H and O–H groups in total. The molecule has 2 aromatic heterocycles. The van der Waals surface area contributed by atoms with Crippen LogP contribution in [0.4, 0.5) is 0 Å². The van der Waals surface area contributed by atoms with Crippen molar-refractivity contribution >= 4 is 0 Å². The van der Waals surface area contributed by atoms with Gasteiger partial charge in [0.05, 0.1) is 5.41 Å². The van der Waals surface area contributed by atoms with Crippen molar-refractivity contribution in [3.63, 3.8) is 0 Å².